The lowest BCUT2D eigenvalue weighted by Gasteiger charge is -2.24. The zero-order valence-corrected chi connectivity index (χ0v) is 20.6. The Bertz CT molecular complexity index is 917. The molecule has 35 heavy (non-hydrogen) atoms. The van der Waals surface area contributed by atoms with Crippen LogP contribution in [0.3, 0.4) is 0 Å². The molecule has 1 aliphatic heterocycles. The number of alkyl halides is 2. The molecule has 1 aliphatic rings. The van der Waals surface area contributed by atoms with E-state index in [4.69, 9.17) is 14.2 Å². The van der Waals surface area contributed by atoms with Crippen molar-refractivity contribution in [3.8, 4) is 0 Å². The van der Waals surface area contributed by atoms with E-state index in [0.717, 1.165) is 44.4 Å². The number of ether oxygens (including phenoxy) is 3. The summed E-state index contributed by atoms with van der Waals surface area (Å²) in [6, 6.07) is 1.12. The van der Waals surface area contributed by atoms with Crippen LogP contribution in [-0.2, 0) is 19.0 Å². The van der Waals surface area contributed by atoms with Gasteiger partial charge in [-0.2, -0.15) is 13.8 Å². The number of carbonyl (C=O) groups is 2. The van der Waals surface area contributed by atoms with Crippen LogP contribution < -0.4 is 11.0 Å². The lowest BCUT2D eigenvalue weighted by Crippen LogP contribution is -2.44. The second-order valence-corrected chi connectivity index (χ2v) is 9.44. The van der Waals surface area contributed by atoms with E-state index in [-0.39, 0.29) is 12.2 Å². The number of hydrogen-bond donors (Lipinski definition) is 2. The number of halogens is 2. The van der Waals surface area contributed by atoms with Gasteiger partial charge in [-0.3, -0.25) is 14.7 Å². The summed E-state index contributed by atoms with van der Waals surface area (Å²) in [7, 11) is 0. The molecule has 1 aromatic rings. The molecular weight excluding hydrogens is 468 g/mol. The third-order valence-electron chi connectivity index (χ3n) is 5.23. The van der Waals surface area contributed by atoms with Crippen LogP contribution in [0.25, 0.3) is 0 Å². The number of carbonyl (C=O) groups excluding carboxylic acids is 2. The maximum Gasteiger partial charge on any atom is 0.413 e. The van der Waals surface area contributed by atoms with Crippen molar-refractivity contribution in [2.45, 2.75) is 103 Å². The summed E-state index contributed by atoms with van der Waals surface area (Å²) in [6.07, 6.45) is -0.247. The Morgan fingerprint density at radius 3 is 2.49 bits per heavy atom. The van der Waals surface area contributed by atoms with E-state index in [1.807, 2.05) is 0 Å². The fourth-order valence-corrected chi connectivity index (χ4v) is 3.58. The summed E-state index contributed by atoms with van der Waals surface area (Å²) in [5.41, 5.74) is -1.93. The number of aliphatic hydroxyl groups excluding tert-OH is 1. The van der Waals surface area contributed by atoms with Gasteiger partial charge >= 0.3 is 23.7 Å². The number of nitrogens with zero attached hydrogens (tertiary/aromatic N) is 2. The maximum absolute atomic E-state index is 15.2. The van der Waals surface area contributed by atoms with Crippen molar-refractivity contribution < 1.29 is 37.7 Å². The van der Waals surface area contributed by atoms with Gasteiger partial charge in [0, 0.05) is 12.6 Å². The van der Waals surface area contributed by atoms with E-state index in [1.165, 1.54) is 0 Å². The SMILES string of the molecule is CCCCCCCCC(=O)O[C@@H]1C(CO)OC(n2ccc(NC(=O)OC(C)(C)C)nc2=O)C1(F)F. The van der Waals surface area contributed by atoms with Crippen molar-refractivity contribution >= 4 is 17.9 Å². The van der Waals surface area contributed by atoms with Crippen LogP contribution in [-0.4, -0.2) is 57.1 Å². The summed E-state index contributed by atoms with van der Waals surface area (Å²) in [6.45, 7) is 6.18. The highest BCUT2D eigenvalue weighted by Crippen LogP contribution is 2.44. The molecule has 2 rings (SSSR count). The molecule has 1 aromatic heterocycles. The number of unbranched alkanes of at least 4 members (excludes halogenated alkanes) is 5. The van der Waals surface area contributed by atoms with Crippen LogP contribution in [0.4, 0.5) is 19.4 Å². The van der Waals surface area contributed by atoms with Crippen molar-refractivity contribution in [2.75, 3.05) is 11.9 Å². The van der Waals surface area contributed by atoms with Gasteiger partial charge in [0.05, 0.1) is 6.61 Å². The molecule has 0 bridgehead atoms. The Kier molecular flexibility index (Phi) is 10.1. The van der Waals surface area contributed by atoms with Crippen LogP contribution >= 0.6 is 0 Å². The Balaban J connectivity index is 2.06. The fraction of sp³-hybridized carbons (Fsp3) is 0.739. The van der Waals surface area contributed by atoms with Crippen molar-refractivity contribution in [3.63, 3.8) is 0 Å². The second-order valence-electron chi connectivity index (χ2n) is 9.44. The van der Waals surface area contributed by atoms with E-state index in [0.29, 0.717) is 11.0 Å². The van der Waals surface area contributed by atoms with E-state index < -0.39 is 54.3 Å². The van der Waals surface area contributed by atoms with Crippen LogP contribution in [0, 0.1) is 0 Å². The number of aliphatic hydroxyl groups is 1. The predicted octanol–water partition coefficient (Wildman–Crippen LogP) is 3.78. The molecule has 198 valence electrons. The standard InChI is InChI=1S/C23H35F2N3O7/c1-5-6-7-8-9-10-11-17(30)34-18-15(14-29)33-19(23(18,24)25)28-13-12-16(26-20(28)31)27-21(32)35-22(2,3)4/h12-13,15,18-19,29H,5-11,14H2,1-4H3,(H,26,27,31,32)/t15?,18-,19?/m1/s1. The van der Waals surface area contributed by atoms with Crippen molar-refractivity contribution in [1.82, 2.24) is 9.55 Å². The summed E-state index contributed by atoms with van der Waals surface area (Å²) in [4.78, 5) is 40.0. The highest BCUT2D eigenvalue weighted by molar-refractivity contribution is 5.83. The minimum Gasteiger partial charge on any atom is -0.453 e. The minimum absolute atomic E-state index is 0.0337. The Hall–Kier alpha value is -2.60. The summed E-state index contributed by atoms with van der Waals surface area (Å²) >= 11 is 0. The molecule has 0 radical (unpaired) electrons. The molecule has 1 fully saturated rings. The summed E-state index contributed by atoms with van der Waals surface area (Å²) < 4.78 is 46.1. The van der Waals surface area contributed by atoms with Crippen LogP contribution in [0.15, 0.2) is 17.1 Å². The first-order chi connectivity index (χ1) is 16.4. The average molecular weight is 504 g/mol. The highest BCUT2D eigenvalue weighted by atomic mass is 19.3. The monoisotopic (exact) mass is 503 g/mol. The number of nitrogens with one attached hydrogen (secondary N) is 1. The Morgan fingerprint density at radius 2 is 1.89 bits per heavy atom. The first-order valence-corrected chi connectivity index (χ1v) is 11.8. The number of rotatable bonds is 11. The van der Waals surface area contributed by atoms with Gasteiger partial charge in [0.25, 0.3) is 0 Å². The minimum atomic E-state index is -3.82. The van der Waals surface area contributed by atoms with Gasteiger partial charge in [-0.25, -0.2) is 9.59 Å². The molecule has 3 atom stereocenters. The molecule has 2 N–H and O–H groups in total. The highest BCUT2D eigenvalue weighted by Gasteiger charge is 2.62. The number of amides is 1. The molecule has 0 spiro atoms. The van der Waals surface area contributed by atoms with Gasteiger partial charge < -0.3 is 19.3 Å². The Labute approximate surface area is 203 Å². The number of aromatic nitrogens is 2. The third-order valence-corrected chi connectivity index (χ3v) is 5.23. The zero-order chi connectivity index (χ0) is 26.2. The molecule has 0 aliphatic carbocycles. The van der Waals surface area contributed by atoms with E-state index in [9.17, 15) is 19.5 Å². The number of hydrogen-bond acceptors (Lipinski definition) is 8. The quantitative estimate of drug-likeness (QED) is 0.345. The number of esters is 1. The average Bonchev–Trinajstić information content (AvgIpc) is 2.99. The molecular formula is C23H35F2N3O7. The first-order valence-electron chi connectivity index (χ1n) is 11.8. The molecule has 1 saturated heterocycles. The van der Waals surface area contributed by atoms with Gasteiger partial charge in [-0.1, -0.05) is 39.0 Å². The van der Waals surface area contributed by atoms with Gasteiger partial charge in [-0.15, -0.1) is 0 Å². The molecule has 0 saturated carbocycles. The second kappa shape index (κ2) is 12.4. The topological polar surface area (TPSA) is 129 Å². The van der Waals surface area contributed by atoms with Gasteiger partial charge in [-0.05, 0) is 33.3 Å². The van der Waals surface area contributed by atoms with Crippen LogP contribution in [0.1, 0.15) is 78.9 Å². The van der Waals surface area contributed by atoms with E-state index in [1.54, 1.807) is 20.8 Å². The molecule has 10 nitrogen and oxygen atoms in total. The molecule has 2 heterocycles. The van der Waals surface area contributed by atoms with Crippen molar-refractivity contribution in [3.05, 3.63) is 22.7 Å². The van der Waals surface area contributed by atoms with E-state index in [2.05, 4.69) is 17.2 Å². The summed E-state index contributed by atoms with van der Waals surface area (Å²) in [5.74, 6) is -4.85. The van der Waals surface area contributed by atoms with E-state index >= 15 is 8.78 Å². The zero-order valence-electron chi connectivity index (χ0n) is 20.6. The largest absolute Gasteiger partial charge is 0.453 e. The van der Waals surface area contributed by atoms with Crippen molar-refractivity contribution in [2.24, 2.45) is 0 Å². The smallest absolute Gasteiger partial charge is 0.413 e. The molecule has 12 heteroatoms. The lowest BCUT2D eigenvalue weighted by molar-refractivity contribution is -0.176. The van der Waals surface area contributed by atoms with Gasteiger partial charge in [0.15, 0.2) is 6.10 Å². The van der Waals surface area contributed by atoms with Crippen LogP contribution in [0.2, 0.25) is 0 Å². The number of anilines is 1. The normalized spacial score (nSPS) is 21.5. The molecule has 0 aromatic carbocycles. The molecule has 2 unspecified atom stereocenters. The predicted molar refractivity (Wildman–Crippen MR) is 122 cm³/mol. The van der Waals surface area contributed by atoms with Crippen LogP contribution in [0.5, 0.6) is 0 Å². The van der Waals surface area contributed by atoms with Gasteiger partial charge in [0.1, 0.15) is 17.5 Å². The maximum atomic E-state index is 15.2. The molecule has 1 amide bonds. The first kappa shape index (κ1) is 28.6. The summed E-state index contributed by atoms with van der Waals surface area (Å²) in [5, 5.41) is 11.8. The lowest BCUT2D eigenvalue weighted by atomic mass is 10.1. The fourth-order valence-electron chi connectivity index (χ4n) is 3.58. The third kappa shape index (κ3) is 8.24. The van der Waals surface area contributed by atoms with Crippen molar-refractivity contribution in [1.29, 1.82) is 0 Å². The van der Waals surface area contributed by atoms with Gasteiger partial charge in [0.2, 0.25) is 6.23 Å². The Morgan fingerprint density at radius 1 is 1.23 bits per heavy atom.